The molecule has 2 atom stereocenters. The monoisotopic (exact) mass is 722 g/mol. The molecule has 4 aromatic rings. The van der Waals surface area contributed by atoms with Gasteiger partial charge in [0.1, 0.15) is 17.6 Å². The summed E-state index contributed by atoms with van der Waals surface area (Å²) in [5, 5.41) is 2.52. The molecule has 5 rings (SSSR count). The van der Waals surface area contributed by atoms with E-state index in [4.69, 9.17) is 21.1 Å². The van der Waals surface area contributed by atoms with Gasteiger partial charge in [-0.25, -0.2) is 41.3 Å². The Hall–Kier alpha value is -4.70. The van der Waals surface area contributed by atoms with Gasteiger partial charge in [-0.15, -0.1) is 0 Å². The lowest BCUT2D eigenvalue weighted by atomic mass is 10.0. The van der Waals surface area contributed by atoms with E-state index in [9.17, 15) is 22.0 Å². The van der Waals surface area contributed by atoms with Gasteiger partial charge in [-0.2, -0.15) is 4.39 Å². The number of alkyl halides is 1. The summed E-state index contributed by atoms with van der Waals surface area (Å²) < 4.78 is 97.2. The fraction of sp³-hybridized carbons (Fsp3) is 0.312. The smallest absolute Gasteiger partial charge is 0.410 e. The van der Waals surface area contributed by atoms with E-state index >= 15 is 8.78 Å². The third-order valence-corrected chi connectivity index (χ3v) is 8.47. The standard InChI is InChI=1S/C32H31ClF4N6O5S/c1-32(2,3)48-31(44)43-15-19(34)13-20(16-43)40-30-39-12-10-24(41-30)21-8-6-11-38-29(21)47-28-22(33)14-25(26(36)27(28)37)42-49(45,46)17-18-7-4-5-9-23(18)35/h4-12,14,19-20,42H,13,15-17H2,1-3H3,(H,39,40,41)/t19-,20-/m0/s1. The van der Waals surface area contributed by atoms with Crippen LogP contribution in [0.5, 0.6) is 11.6 Å². The zero-order chi connectivity index (χ0) is 35.5. The van der Waals surface area contributed by atoms with Gasteiger partial charge in [0.25, 0.3) is 0 Å². The van der Waals surface area contributed by atoms with Crippen molar-refractivity contribution < 1.29 is 40.2 Å². The number of pyridine rings is 1. The molecule has 260 valence electrons. The van der Waals surface area contributed by atoms with Crippen molar-refractivity contribution >= 4 is 39.4 Å². The van der Waals surface area contributed by atoms with Crippen molar-refractivity contribution in [2.24, 2.45) is 0 Å². The van der Waals surface area contributed by atoms with Crippen molar-refractivity contribution in [2.75, 3.05) is 23.1 Å². The number of anilines is 2. The summed E-state index contributed by atoms with van der Waals surface area (Å²) in [6, 6.07) is 9.93. The maximum absolute atomic E-state index is 15.3. The number of rotatable bonds is 9. The summed E-state index contributed by atoms with van der Waals surface area (Å²) in [7, 11) is -4.39. The van der Waals surface area contributed by atoms with Gasteiger partial charge in [-0.05, 0) is 51.1 Å². The number of ether oxygens (including phenoxy) is 2. The normalized spacial score (nSPS) is 16.6. The average Bonchev–Trinajstić information content (AvgIpc) is 3.02. The largest absolute Gasteiger partial charge is 0.444 e. The first-order valence-electron chi connectivity index (χ1n) is 14.8. The van der Waals surface area contributed by atoms with E-state index in [2.05, 4.69) is 20.3 Å². The van der Waals surface area contributed by atoms with Gasteiger partial charge in [-0.1, -0.05) is 29.8 Å². The molecule has 3 heterocycles. The molecule has 11 nitrogen and oxygen atoms in total. The minimum absolute atomic E-state index is 0.0762. The Bertz CT molecular complexity index is 1970. The SMILES string of the molecule is CC(C)(C)OC(=O)N1C[C@@H](F)C[C@H](Nc2nccc(-c3cccnc3Oc3c(Cl)cc(NS(=O)(=O)Cc4ccccc4F)c(F)c3F)n2)C1. The summed E-state index contributed by atoms with van der Waals surface area (Å²) in [5.74, 6) is -5.82. The summed E-state index contributed by atoms with van der Waals surface area (Å²) >= 11 is 6.23. The van der Waals surface area contributed by atoms with Crippen LogP contribution in [0.15, 0.2) is 60.9 Å². The lowest BCUT2D eigenvalue weighted by molar-refractivity contribution is 0.0124. The molecule has 1 saturated heterocycles. The number of likely N-dealkylation sites (tertiary alicyclic amines) is 1. The van der Waals surface area contributed by atoms with E-state index in [1.807, 2.05) is 4.72 Å². The minimum Gasteiger partial charge on any atom is -0.444 e. The highest BCUT2D eigenvalue weighted by Crippen LogP contribution is 2.39. The fourth-order valence-corrected chi connectivity index (χ4v) is 6.34. The fourth-order valence-electron chi connectivity index (χ4n) is 4.91. The van der Waals surface area contributed by atoms with Crippen molar-refractivity contribution in [2.45, 2.75) is 50.8 Å². The highest BCUT2D eigenvalue weighted by atomic mass is 35.5. The lowest BCUT2D eigenvalue weighted by Crippen LogP contribution is -2.51. The number of benzene rings is 2. The van der Waals surface area contributed by atoms with Gasteiger partial charge in [0.2, 0.25) is 27.7 Å². The van der Waals surface area contributed by atoms with Crippen molar-refractivity contribution in [1.82, 2.24) is 19.9 Å². The van der Waals surface area contributed by atoms with E-state index in [1.54, 1.807) is 20.8 Å². The van der Waals surface area contributed by atoms with Gasteiger partial charge < -0.3 is 19.7 Å². The number of nitrogens with one attached hydrogen (secondary N) is 2. The third kappa shape index (κ3) is 9.06. The molecule has 0 unspecified atom stereocenters. The quantitative estimate of drug-likeness (QED) is 0.137. The second-order valence-electron chi connectivity index (χ2n) is 12.1. The molecule has 17 heteroatoms. The Balaban J connectivity index is 1.34. The Labute approximate surface area is 284 Å². The van der Waals surface area contributed by atoms with Crippen LogP contribution >= 0.6 is 11.6 Å². The number of carbonyl (C=O) groups is 1. The van der Waals surface area contributed by atoms with Crippen LogP contribution in [0.25, 0.3) is 11.3 Å². The zero-order valence-electron chi connectivity index (χ0n) is 26.4. The Morgan fingerprint density at radius 3 is 2.53 bits per heavy atom. The van der Waals surface area contributed by atoms with Crippen molar-refractivity contribution in [3.63, 3.8) is 0 Å². The molecular weight excluding hydrogens is 692 g/mol. The predicted octanol–water partition coefficient (Wildman–Crippen LogP) is 7.10. The maximum atomic E-state index is 15.3. The van der Waals surface area contributed by atoms with Gasteiger partial charge in [-0.3, -0.25) is 4.72 Å². The number of hydrogen-bond donors (Lipinski definition) is 2. The maximum Gasteiger partial charge on any atom is 0.410 e. The first-order valence-corrected chi connectivity index (χ1v) is 16.9. The number of hydrogen-bond acceptors (Lipinski definition) is 9. The average molecular weight is 723 g/mol. The summed E-state index contributed by atoms with van der Waals surface area (Å²) in [4.78, 5) is 26.6. The second-order valence-corrected chi connectivity index (χ2v) is 14.2. The topological polar surface area (TPSA) is 136 Å². The zero-order valence-corrected chi connectivity index (χ0v) is 28.0. The molecule has 1 aliphatic heterocycles. The molecule has 0 aliphatic carbocycles. The van der Waals surface area contributed by atoms with Crippen molar-refractivity contribution in [3.8, 4) is 22.9 Å². The molecule has 2 aromatic heterocycles. The van der Waals surface area contributed by atoms with Crippen LogP contribution in [-0.2, 0) is 20.5 Å². The van der Waals surface area contributed by atoms with Crippen LogP contribution in [0.3, 0.4) is 0 Å². The van der Waals surface area contributed by atoms with Gasteiger partial charge >= 0.3 is 6.09 Å². The molecule has 0 spiro atoms. The van der Waals surface area contributed by atoms with Crippen LogP contribution in [-0.4, -0.2) is 65.3 Å². The number of carbonyl (C=O) groups excluding carboxylic acids is 1. The molecule has 2 aromatic carbocycles. The van der Waals surface area contributed by atoms with Crippen LogP contribution in [0.4, 0.5) is 34.0 Å². The minimum atomic E-state index is -4.39. The van der Waals surface area contributed by atoms with E-state index < -0.39 is 73.6 Å². The van der Waals surface area contributed by atoms with E-state index in [-0.39, 0.29) is 48.2 Å². The van der Waals surface area contributed by atoms with Gasteiger partial charge in [0.15, 0.2) is 11.6 Å². The highest BCUT2D eigenvalue weighted by molar-refractivity contribution is 7.91. The van der Waals surface area contributed by atoms with Crippen LogP contribution in [0.1, 0.15) is 32.8 Å². The molecule has 0 radical (unpaired) electrons. The number of halogens is 5. The molecule has 0 bridgehead atoms. The number of nitrogens with zero attached hydrogens (tertiary/aromatic N) is 4. The molecule has 1 aliphatic rings. The summed E-state index contributed by atoms with van der Waals surface area (Å²) in [5.41, 5.74) is -1.32. The molecule has 1 fully saturated rings. The Morgan fingerprint density at radius 2 is 1.80 bits per heavy atom. The summed E-state index contributed by atoms with van der Waals surface area (Å²) in [6.45, 7) is 5.14. The second kappa shape index (κ2) is 14.4. The van der Waals surface area contributed by atoms with E-state index in [0.717, 1.165) is 12.1 Å². The Morgan fingerprint density at radius 1 is 1.04 bits per heavy atom. The van der Waals surface area contributed by atoms with E-state index in [1.165, 1.54) is 53.7 Å². The molecule has 49 heavy (non-hydrogen) atoms. The van der Waals surface area contributed by atoms with Crippen LogP contribution in [0, 0.1) is 17.5 Å². The number of sulfonamides is 1. The summed E-state index contributed by atoms with van der Waals surface area (Å²) in [6.07, 6.45) is 0.824. The van der Waals surface area contributed by atoms with Crippen LogP contribution < -0.4 is 14.8 Å². The van der Waals surface area contributed by atoms with Crippen LogP contribution in [0.2, 0.25) is 5.02 Å². The molecular formula is C32H31ClF4N6O5S. The predicted molar refractivity (Wildman–Crippen MR) is 174 cm³/mol. The van der Waals surface area contributed by atoms with E-state index in [0.29, 0.717) is 0 Å². The molecule has 0 saturated carbocycles. The first kappa shape index (κ1) is 35.6. The number of piperidine rings is 1. The highest BCUT2D eigenvalue weighted by Gasteiger charge is 2.33. The number of aromatic nitrogens is 3. The Kier molecular flexibility index (Phi) is 10.5. The molecule has 1 amide bonds. The van der Waals surface area contributed by atoms with Gasteiger partial charge in [0, 0.05) is 37.0 Å². The van der Waals surface area contributed by atoms with Crippen molar-refractivity contribution in [3.05, 3.63) is 89.0 Å². The number of amides is 1. The van der Waals surface area contributed by atoms with Gasteiger partial charge in [0.05, 0.1) is 34.3 Å². The molecule has 2 N–H and O–H groups in total. The lowest BCUT2D eigenvalue weighted by Gasteiger charge is -2.36. The third-order valence-electron chi connectivity index (χ3n) is 6.97. The van der Waals surface area contributed by atoms with Crippen molar-refractivity contribution in [1.29, 1.82) is 0 Å². The first-order chi connectivity index (χ1) is 23.1.